The Labute approximate surface area is 119 Å². The zero-order chi connectivity index (χ0) is 14.4. The van der Waals surface area contributed by atoms with Crippen molar-refractivity contribution in [2.24, 2.45) is 0 Å². The summed E-state index contributed by atoms with van der Waals surface area (Å²) in [6.07, 6.45) is 1.58. The Balaban J connectivity index is 2.33. The molecule has 0 aliphatic heterocycles. The molecule has 3 nitrogen and oxygen atoms in total. The molecule has 0 heterocycles. The number of rotatable bonds is 5. The van der Waals surface area contributed by atoms with E-state index in [1.807, 2.05) is 72.6 Å². The molecule has 2 rings (SSSR count). The molecule has 1 N–H and O–H groups in total. The highest BCUT2D eigenvalue weighted by molar-refractivity contribution is 5.87. The molecule has 102 valence electrons. The summed E-state index contributed by atoms with van der Waals surface area (Å²) in [6.45, 7) is 3.42. The summed E-state index contributed by atoms with van der Waals surface area (Å²) in [6, 6.07) is 19.9. The second-order valence-electron chi connectivity index (χ2n) is 4.56. The molecule has 0 aliphatic rings. The van der Waals surface area contributed by atoms with Crippen molar-refractivity contribution in [3.63, 3.8) is 0 Å². The fraction of sp³-hybridized carbons (Fsp3) is 0.118. The van der Waals surface area contributed by atoms with Gasteiger partial charge in [0.25, 0.3) is 0 Å². The maximum atomic E-state index is 11.2. The Kier molecular flexibility index (Phi) is 4.56. The largest absolute Gasteiger partial charge is 0.298 e. The molecule has 0 amide bonds. The fourth-order valence-corrected chi connectivity index (χ4v) is 1.95. The van der Waals surface area contributed by atoms with Crippen LogP contribution in [0, 0.1) is 0 Å². The smallest absolute Gasteiger partial charge is 0.154 e. The van der Waals surface area contributed by atoms with Crippen LogP contribution in [0.25, 0.3) is 0 Å². The first-order chi connectivity index (χ1) is 9.66. The molecular weight excluding hydrogens is 248 g/mol. The van der Waals surface area contributed by atoms with Gasteiger partial charge in [-0.3, -0.25) is 15.2 Å². The lowest BCUT2D eigenvalue weighted by Crippen LogP contribution is -2.32. The number of nitrogens with one attached hydrogen (secondary N) is 1. The Morgan fingerprint density at radius 2 is 1.35 bits per heavy atom. The number of nitrogens with zero attached hydrogens (tertiary/aromatic N) is 1. The Bertz CT molecular complexity index is 551. The zero-order valence-electron chi connectivity index (χ0n) is 11.7. The van der Waals surface area contributed by atoms with E-state index in [1.54, 1.807) is 13.0 Å². The molecule has 0 bridgehead atoms. The highest BCUT2D eigenvalue weighted by atomic mass is 16.1. The van der Waals surface area contributed by atoms with Gasteiger partial charge in [0.05, 0.1) is 11.4 Å². The van der Waals surface area contributed by atoms with Crippen LogP contribution in [0.5, 0.6) is 0 Å². The Morgan fingerprint density at radius 1 is 0.900 bits per heavy atom. The fourth-order valence-electron chi connectivity index (χ4n) is 1.95. The second-order valence-corrected chi connectivity index (χ2v) is 4.56. The molecular formula is C17H18N2O. The number of carbonyl (C=O) groups is 1. The van der Waals surface area contributed by atoms with Crippen molar-refractivity contribution in [3.8, 4) is 0 Å². The summed E-state index contributed by atoms with van der Waals surface area (Å²) < 4.78 is 0. The monoisotopic (exact) mass is 266 g/mol. The number of anilines is 2. The van der Waals surface area contributed by atoms with Gasteiger partial charge in [-0.25, -0.2) is 0 Å². The highest BCUT2D eigenvalue weighted by Gasteiger charge is 2.08. The summed E-state index contributed by atoms with van der Waals surface area (Å²) >= 11 is 0. The third-order valence-electron chi connectivity index (χ3n) is 2.74. The van der Waals surface area contributed by atoms with Crippen LogP contribution in [-0.2, 0) is 4.79 Å². The van der Waals surface area contributed by atoms with Crippen LogP contribution < -0.4 is 10.4 Å². The summed E-state index contributed by atoms with van der Waals surface area (Å²) in [5, 5.41) is 1.95. The number of hydrogen-bond acceptors (Lipinski definition) is 3. The summed E-state index contributed by atoms with van der Waals surface area (Å²) in [5.74, 6) is 0.0241. The molecule has 3 heteroatoms. The zero-order valence-corrected chi connectivity index (χ0v) is 11.7. The number of allylic oxidation sites excluding steroid dienone is 2. The van der Waals surface area contributed by atoms with Crippen LogP contribution in [0.2, 0.25) is 0 Å². The minimum atomic E-state index is 0.0241. The van der Waals surface area contributed by atoms with Crippen molar-refractivity contribution in [1.82, 2.24) is 5.43 Å². The predicted octanol–water partition coefficient (Wildman–Crippen LogP) is 3.82. The first-order valence-corrected chi connectivity index (χ1v) is 6.52. The van der Waals surface area contributed by atoms with Gasteiger partial charge >= 0.3 is 0 Å². The maximum Gasteiger partial charge on any atom is 0.154 e. The minimum Gasteiger partial charge on any atom is -0.298 e. The van der Waals surface area contributed by atoms with E-state index in [2.05, 4.69) is 5.43 Å². The van der Waals surface area contributed by atoms with Gasteiger partial charge in [0.1, 0.15) is 0 Å². The molecule has 0 saturated carbocycles. The van der Waals surface area contributed by atoms with Crippen LogP contribution in [0.15, 0.2) is 72.4 Å². The van der Waals surface area contributed by atoms with Gasteiger partial charge in [0.2, 0.25) is 0 Å². The Morgan fingerprint density at radius 3 is 1.75 bits per heavy atom. The standard InChI is InChI=1S/C17H18N2O/c1-14(13-15(2)20)18-19(16-9-5-3-6-10-16)17-11-7-4-8-12-17/h3-13,18H,1-2H3/b14-13-. The predicted molar refractivity (Wildman–Crippen MR) is 82.6 cm³/mol. The number of benzene rings is 2. The van der Waals surface area contributed by atoms with Crippen molar-refractivity contribution in [1.29, 1.82) is 0 Å². The van der Waals surface area contributed by atoms with E-state index in [0.717, 1.165) is 17.1 Å². The average Bonchev–Trinajstić information content (AvgIpc) is 2.46. The van der Waals surface area contributed by atoms with Gasteiger partial charge < -0.3 is 0 Å². The van der Waals surface area contributed by atoms with Crippen molar-refractivity contribution in [3.05, 3.63) is 72.4 Å². The molecule has 20 heavy (non-hydrogen) atoms. The first kappa shape index (κ1) is 13.9. The van der Waals surface area contributed by atoms with Crippen LogP contribution in [0.1, 0.15) is 13.8 Å². The van der Waals surface area contributed by atoms with Gasteiger partial charge in [-0.1, -0.05) is 36.4 Å². The molecule has 0 fully saturated rings. The van der Waals surface area contributed by atoms with Crippen molar-refractivity contribution in [2.45, 2.75) is 13.8 Å². The molecule has 0 aromatic heterocycles. The first-order valence-electron chi connectivity index (χ1n) is 6.52. The quantitative estimate of drug-likeness (QED) is 0.659. The van der Waals surface area contributed by atoms with E-state index in [4.69, 9.17) is 0 Å². The van der Waals surface area contributed by atoms with Crippen LogP contribution >= 0.6 is 0 Å². The molecule has 2 aromatic rings. The van der Waals surface area contributed by atoms with Gasteiger partial charge in [0.15, 0.2) is 5.78 Å². The van der Waals surface area contributed by atoms with Crippen LogP contribution in [0.4, 0.5) is 11.4 Å². The Hall–Kier alpha value is -2.55. The number of hydrogen-bond donors (Lipinski definition) is 1. The van der Waals surface area contributed by atoms with E-state index in [1.165, 1.54) is 0 Å². The van der Waals surface area contributed by atoms with Crippen LogP contribution in [-0.4, -0.2) is 5.78 Å². The number of carbonyl (C=O) groups excluding carboxylic acids is 1. The maximum absolute atomic E-state index is 11.2. The molecule has 0 unspecified atom stereocenters. The summed E-state index contributed by atoms with van der Waals surface area (Å²) in [7, 11) is 0. The van der Waals surface area contributed by atoms with Crippen LogP contribution in [0.3, 0.4) is 0 Å². The number of hydrazine groups is 1. The van der Waals surface area contributed by atoms with Gasteiger partial charge in [-0.05, 0) is 38.1 Å². The van der Waals surface area contributed by atoms with E-state index in [0.29, 0.717) is 0 Å². The lowest BCUT2D eigenvalue weighted by atomic mass is 10.2. The topological polar surface area (TPSA) is 32.3 Å². The minimum absolute atomic E-state index is 0.0241. The molecule has 0 saturated heterocycles. The molecule has 0 spiro atoms. The summed E-state index contributed by atoms with van der Waals surface area (Å²) in [4.78, 5) is 11.2. The lowest BCUT2D eigenvalue weighted by molar-refractivity contribution is -0.112. The van der Waals surface area contributed by atoms with Crippen molar-refractivity contribution in [2.75, 3.05) is 5.01 Å². The SMILES string of the molecule is CC(=O)/C=C(/C)NN(c1ccccc1)c1ccccc1. The third kappa shape index (κ3) is 3.72. The third-order valence-corrected chi connectivity index (χ3v) is 2.74. The van der Waals surface area contributed by atoms with Gasteiger partial charge in [0, 0.05) is 11.8 Å². The molecule has 2 aromatic carbocycles. The van der Waals surface area contributed by atoms with Gasteiger partial charge in [-0.15, -0.1) is 0 Å². The average molecular weight is 266 g/mol. The number of ketones is 1. The van der Waals surface area contributed by atoms with E-state index in [-0.39, 0.29) is 5.78 Å². The van der Waals surface area contributed by atoms with E-state index >= 15 is 0 Å². The number of para-hydroxylation sites is 2. The van der Waals surface area contributed by atoms with Crippen molar-refractivity contribution < 1.29 is 4.79 Å². The summed E-state index contributed by atoms with van der Waals surface area (Å²) in [5.41, 5.74) is 6.07. The van der Waals surface area contributed by atoms with E-state index < -0.39 is 0 Å². The van der Waals surface area contributed by atoms with Gasteiger partial charge in [-0.2, -0.15) is 0 Å². The van der Waals surface area contributed by atoms with Crippen molar-refractivity contribution >= 4 is 17.2 Å². The highest BCUT2D eigenvalue weighted by Crippen LogP contribution is 2.23. The molecule has 0 atom stereocenters. The normalized spacial score (nSPS) is 11.0. The molecule has 0 aliphatic carbocycles. The van der Waals surface area contributed by atoms with E-state index in [9.17, 15) is 4.79 Å². The second kappa shape index (κ2) is 6.57. The lowest BCUT2D eigenvalue weighted by Gasteiger charge is -2.26. The molecule has 0 radical (unpaired) electrons.